The fourth-order valence-corrected chi connectivity index (χ4v) is 2.83. The largest absolute Gasteiger partial charge is 0.381 e. The molecule has 0 amide bonds. The van der Waals surface area contributed by atoms with Crippen LogP contribution in [0.15, 0.2) is 12.1 Å². The summed E-state index contributed by atoms with van der Waals surface area (Å²) in [5, 5.41) is 0. The van der Waals surface area contributed by atoms with Gasteiger partial charge in [0.25, 0.3) is 0 Å². The third kappa shape index (κ3) is 2.52. The second-order valence-corrected chi connectivity index (χ2v) is 5.44. The number of fused-ring (bicyclic) bond motifs is 1. The highest BCUT2D eigenvalue weighted by atomic mass is 35.5. The zero-order chi connectivity index (χ0) is 14.1. The maximum Gasteiger partial charge on any atom is 0.153 e. The van der Waals surface area contributed by atoms with E-state index in [1.807, 2.05) is 4.57 Å². The molecule has 1 aromatic heterocycles. The number of benzene rings is 1. The molecule has 1 saturated heterocycles. The van der Waals surface area contributed by atoms with Crippen LogP contribution in [0.2, 0.25) is 0 Å². The zero-order valence-corrected chi connectivity index (χ0v) is 11.7. The Labute approximate surface area is 120 Å². The molecule has 1 aliphatic heterocycles. The number of imidazole rings is 1. The van der Waals surface area contributed by atoms with Crippen molar-refractivity contribution < 1.29 is 13.5 Å². The standard InChI is InChI=1S/C14H15ClF2N2O/c15-3-1-13-18-14-11(17)5-10(16)6-12(14)19(13)7-9-2-4-20-8-9/h5-6,9H,1-4,7-8H2. The van der Waals surface area contributed by atoms with Crippen LogP contribution in [0.1, 0.15) is 12.2 Å². The van der Waals surface area contributed by atoms with Crippen LogP contribution in [0, 0.1) is 17.6 Å². The van der Waals surface area contributed by atoms with Crippen LogP contribution < -0.4 is 0 Å². The van der Waals surface area contributed by atoms with Gasteiger partial charge in [-0.25, -0.2) is 13.8 Å². The molecule has 3 nitrogen and oxygen atoms in total. The quantitative estimate of drug-likeness (QED) is 0.811. The van der Waals surface area contributed by atoms with Crippen LogP contribution in [0.25, 0.3) is 11.0 Å². The topological polar surface area (TPSA) is 27.1 Å². The molecule has 2 aromatic rings. The van der Waals surface area contributed by atoms with Gasteiger partial charge in [-0.3, -0.25) is 0 Å². The smallest absolute Gasteiger partial charge is 0.153 e. The fourth-order valence-electron chi connectivity index (χ4n) is 2.66. The highest BCUT2D eigenvalue weighted by Crippen LogP contribution is 2.24. The molecule has 1 aliphatic rings. The molecule has 1 aromatic carbocycles. The summed E-state index contributed by atoms with van der Waals surface area (Å²) < 4.78 is 34.5. The van der Waals surface area contributed by atoms with Crippen molar-refractivity contribution in [3.63, 3.8) is 0 Å². The van der Waals surface area contributed by atoms with Gasteiger partial charge in [0.05, 0.1) is 12.1 Å². The van der Waals surface area contributed by atoms with Gasteiger partial charge in [0.15, 0.2) is 5.82 Å². The molecule has 1 unspecified atom stereocenters. The Morgan fingerprint density at radius 2 is 2.25 bits per heavy atom. The average molecular weight is 301 g/mol. The summed E-state index contributed by atoms with van der Waals surface area (Å²) in [4.78, 5) is 4.28. The average Bonchev–Trinajstić information content (AvgIpc) is 3.01. The molecule has 3 rings (SSSR count). The van der Waals surface area contributed by atoms with Gasteiger partial charge in [-0.05, 0) is 12.5 Å². The van der Waals surface area contributed by atoms with Crippen molar-refractivity contribution in [1.29, 1.82) is 0 Å². The summed E-state index contributed by atoms with van der Waals surface area (Å²) in [6.07, 6.45) is 1.49. The maximum atomic E-state index is 13.8. The summed E-state index contributed by atoms with van der Waals surface area (Å²) in [5.74, 6) is 0.238. The molecule has 0 N–H and O–H groups in total. The van der Waals surface area contributed by atoms with Crippen molar-refractivity contribution in [3.8, 4) is 0 Å². The number of hydrogen-bond donors (Lipinski definition) is 0. The first-order chi connectivity index (χ1) is 9.69. The van der Waals surface area contributed by atoms with Gasteiger partial charge < -0.3 is 9.30 Å². The Hall–Kier alpha value is -1.20. The summed E-state index contributed by atoms with van der Waals surface area (Å²) in [6.45, 7) is 2.08. The van der Waals surface area contributed by atoms with E-state index in [1.165, 1.54) is 6.07 Å². The highest BCUT2D eigenvalue weighted by Gasteiger charge is 2.21. The number of nitrogens with zero attached hydrogens (tertiary/aromatic N) is 2. The molecule has 1 atom stereocenters. The van der Waals surface area contributed by atoms with Crippen LogP contribution in [-0.4, -0.2) is 28.6 Å². The molecule has 0 saturated carbocycles. The Bertz CT molecular complexity index is 623. The van der Waals surface area contributed by atoms with E-state index in [-0.39, 0.29) is 5.52 Å². The van der Waals surface area contributed by atoms with Crippen LogP contribution in [0.4, 0.5) is 8.78 Å². The Kier molecular flexibility index (Phi) is 3.89. The maximum absolute atomic E-state index is 13.8. The molecule has 20 heavy (non-hydrogen) atoms. The molecule has 0 spiro atoms. The van der Waals surface area contributed by atoms with Gasteiger partial charge in [0, 0.05) is 37.4 Å². The third-order valence-electron chi connectivity index (χ3n) is 3.63. The predicted molar refractivity (Wildman–Crippen MR) is 73.0 cm³/mol. The second kappa shape index (κ2) is 5.66. The third-order valence-corrected chi connectivity index (χ3v) is 3.82. The number of aromatic nitrogens is 2. The molecule has 0 aliphatic carbocycles. The Morgan fingerprint density at radius 1 is 1.40 bits per heavy atom. The molecule has 0 radical (unpaired) electrons. The van der Waals surface area contributed by atoms with Gasteiger partial charge in [0.1, 0.15) is 17.2 Å². The van der Waals surface area contributed by atoms with Crippen LogP contribution in [0.3, 0.4) is 0 Å². The van der Waals surface area contributed by atoms with Gasteiger partial charge in [-0.2, -0.15) is 0 Å². The van der Waals surface area contributed by atoms with E-state index in [2.05, 4.69) is 4.98 Å². The van der Waals surface area contributed by atoms with E-state index < -0.39 is 11.6 Å². The summed E-state index contributed by atoms with van der Waals surface area (Å²) in [7, 11) is 0. The minimum Gasteiger partial charge on any atom is -0.381 e. The molecule has 2 heterocycles. The second-order valence-electron chi connectivity index (χ2n) is 5.06. The van der Waals surface area contributed by atoms with E-state index in [1.54, 1.807) is 0 Å². The van der Waals surface area contributed by atoms with Gasteiger partial charge in [-0.1, -0.05) is 0 Å². The fraction of sp³-hybridized carbons (Fsp3) is 0.500. The normalized spacial score (nSPS) is 19.1. The van der Waals surface area contributed by atoms with Crippen LogP contribution >= 0.6 is 11.6 Å². The van der Waals surface area contributed by atoms with E-state index in [9.17, 15) is 8.78 Å². The van der Waals surface area contributed by atoms with Crippen LogP contribution in [-0.2, 0) is 17.7 Å². The van der Waals surface area contributed by atoms with E-state index in [4.69, 9.17) is 16.3 Å². The molecule has 108 valence electrons. The number of alkyl halides is 1. The minimum absolute atomic E-state index is 0.213. The summed E-state index contributed by atoms with van der Waals surface area (Å²) in [5.41, 5.74) is 0.708. The van der Waals surface area contributed by atoms with Crippen molar-refractivity contribution in [3.05, 3.63) is 29.6 Å². The predicted octanol–water partition coefficient (Wildman–Crippen LogP) is 3.13. The van der Waals surface area contributed by atoms with Crippen molar-refractivity contribution in [2.75, 3.05) is 19.1 Å². The zero-order valence-electron chi connectivity index (χ0n) is 10.9. The van der Waals surface area contributed by atoms with Gasteiger partial charge in [-0.15, -0.1) is 11.6 Å². The van der Waals surface area contributed by atoms with E-state index in [0.29, 0.717) is 42.7 Å². The first-order valence-electron chi connectivity index (χ1n) is 6.67. The molecule has 0 bridgehead atoms. The number of halogens is 3. The molecular formula is C14H15ClF2N2O. The Balaban J connectivity index is 2.07. The first kappa shape index (κ1) is 13.8. The molecule has 6 heteroatoms. The molecule has 1 fully saturated rings. The van der Waals surface area contributed by atoms with Gasteiger partial charge >= 0.3 is 0 Å². The Morgan fingerprint density at radius 3 is 2.95 bits per heavy atom. The first-order valence-corrected chi connectivity index (χ1v) is 7.20. The molecular weight excluding hydrogens is 286 g/mol. The van der Waals surface area contributed by atoms with Crippen molar-refractivity contribution >= 4 is 22.6 Å². The van der Waals surface area contributed by atoms with Crippen molar-refractivity contribution in [1.82, 2.24) is 9.55 Å². The lowest BCUT2D eigenvalue weighted by Gasteiger charge is -2.12. The van der Waals surface area contributed by atoms with Gasteiger partial charge in [0.2, 0.25) is 0 Å². The summed E-state index contributed by atoms with van der Waals surface area (Å²) >= 11 is 5.78. The van der Waals surface area contributed by atoms with E-state index in [0.717, 1.165) is 19.1 Å². The van der Waals surface area contributed by atoms with E-state index >= 15 is 0 Å². The number of aryl methyl sites for hydroxylation is 1. The summed E-state index contributed by atoms with van der Waals surface area (Å²) in [6, 6.07) is 2.20. The lowest BCUT2D eigenvalue weighted by atomic mass is 10.1. The lowest BCUT2D eigenvalue weighted by Crippen LogP contribution is -2.13. The monoisotopic (exact) mass is 300 g/mol. The number of rotatable bonds is 4. The highest BCUT2D eigenvalue weighted by molar-refractivity contribution is 6.17. The van der Waals surface area contributed by atoms with Crippen molar-refractivity contribution in [2.45, 2.75) is 19.4 Å². The minimum atomic E-state index is -0.628. The SMILES string of the molecule is Fc1cc(F)c2nc(CCCl)n(CC3CCOC3)c2c1. The van der Waals surface area contributed by atoms with Crippen molar-refractivity contribution in [2.24, 2.45) is 5.92 Å². The van der Waals surface area contributed by atoms with Crippen LogP contribution in [0.5, 0.6) is 0 Å². The number of hydrogen-bond acceptors (Lipinski definition) is 2. The number of ether oxygens (including phenoxy) is 1. The lowest BCUT2D eigenvalue weighted by molar-refractivity contribution is 0.182.